The number of halogens is 3. The van der Waals surface area contributed by atoms with Gasteiger partial charge < -0.3 is 29.3 Å². The molecule has 42 heavy (non-hydrogen) atoms. The first-order valence-electron chi connectivity index (χ1n) is 14.7. The molecule has 8 nitrogen and oxygen atoms in total. The van der Waals surface area contributed by atoms with Crippen LogP contribution >= 0.6 is 11.6 Å². The van der Waals surface area contributed by atoms with Gasteiger partial charge in [0.2, 0.25) is 0 Å². The number of ether oxygens (including phenoxy) is 3. The number of morpholine rings is 2. The molecule has 224 valence electrons. The fourth-order valence-electron chi connectivity index (χ4n) is 7.36. The van der Waals surface area contributed by atoms with Crippen LogP contribution in [0.25, 0.3) is 10.9 Å². The second-order valence-electron chi connectivity index (χ2n) is 12.6. The standard InChI is InChI=1S/C31H36ClF2N5O3/c1-18-27(32)26-22(34)10-19(33)11-23(26)37-29(18)39-14-25(42-30(2,3)17-39)21-15-41-7-4-31(21)16-36-24-12-20(13-35-28(24)31)38-5-8-40-9-6-38/h10-13,21,25,36H,4-9,14-17H2,1-3H3. The lowest BCUT2D eigenvalue weighted by atomic mass is 9.67. The number of hydrogen-bond donors (Lipinski definition) is 1. The SMILES string of the molecule is Cc1c(N2CC(C3COCCC34CNc3cc(N5CCOCC5)cnc34)OC(C)(C)C2)nc2cc(F)cc(F)c2c1Cl. The van der Waals surface area contributed by atoms with Crippen molar-refractivity contribution in [3.8, 4) is 0 Å². The first-order valence-corrected chi connectivity index (χ1v) is 15.1. The Bertz CT molecular complexity index is 1530. The van der Waals surface area contributed by atoms with Crippen molar-refractivity contribution in [1.82, 2.24) is 9.97 Å². The largest absolute Gasteiger partial charge is 0.383 e. The second-order valence-corrected chi connectivity index (χ2v) is 13.0. The number of nitrogens with zero attached hydrogens (tertiary/aromatic N) is 4. The number of rotatable bonds is 3. The van der Waals surface area contributed by atoms with Gasteiger partial charge in [0.1, 0.15) is 17.5 Å². The predicted molar refractivity (Wildman–Crippen MR) is 159 cm³/mol. The maximum absolute atomic E-state index is 14.7. The van der Waals surface area contributed by atoms with Crippen LogP contribution in [0.2, 0.25) is 5.02 Å². The van der Waals surface area contributed by atoms with Crippen molar-refractivity contribution < 1.29 is 23.0 Å². The molecule has 0 radical (unpaired) electrons. The summed E-state index contributed by atoms with van der Waals surface area (Å²) in [5, 5.41) is 4.06. The Hall–Kier alpha value is -2.79. The highest BCUT2D eigenvalue weighted by Gasteiger charge is 2.54. The lowest BCUT2D eigenvalue weighted by Crippen LogP contribution is -2.61. The molecule has 3 aromatic rings. The van der Waals surface area contributed by atoms with Crippen molar-refractivity contribution in [3.05, 3.63) is 52.3 Å². The maximum atomic E-state index is 14.7. The second kappa shape index (κ2) is 10.4. The van der Waals surface area contributed by atoms with Crippen molar-refractivity contribution in [2.75, 3.05) is 74.3 Å². The molecule has 3 unspecified atom stereocenters. The molecule has 4 aliphatic heterocycles. The molecule has 1 spiro atoms. The van der Waals surface area contributed by atoms with Crippen LogP contribution in [0.1, 0.15) is 31.5 Å². The monoisotopic (exact) mass is 599 g/mol. The molecular weight excluding hydrogens is 564 g/mol. The van der Waals surface area contributed by atoms with Crippen LogP contribution in [0, 0.1) is 24.5 Å². The van der Waals surface area contributed by atoms with Gasteiger partial charge in [-0.25, -0.2) is 13.8 Å². The van der Waals surface area contributed by atoms with Crippen LogP contribution in [0.3, 0.4) is 0 Å². The smallest absolute Gasteiger partial charge is 0.137 e. The van der Waals surface area contributed by atoms with Gasteiger partial charge in [0.25, 0.3) is 0 Å². The van der Waals surface area contributed by atoms with Crippen molar-refractivity contribution >= 4 is 39.7 Å². The third kappa shape index (κ3) is 4.67. The van der Waals surface area contributed by atoms with Gasteiger partial charge in [-0.1, -0.05) is 11.6 Å². The molecule has 0 bridgehead atoms. The van der Waals surface area contributed by atoms with Crippen molar-refractivity contribution in [2.24, 2.45) is 5.92 Å². The minimum absolute atomic E-state index is 0.0231. The summed E-state index contributed by atoms with van der Waals surface area (Å²) in [5.41, 5.74) is 3.33. The van der Waals surface area contributed by atoms with E-state index in [2.05, 4.69) is 35.0 Å². The molecule has 0 amide bonds. The lowest BCUT2D eigenvalue weighted by molar-refractivity contribution is -0.146. The Morgan fingerprint density at radius 1 is 1.07 bits per heavy atom. The van der Waals surface area contributed by atoms with E-state index < -0.39 is 17.2 Å². The van der Waals surface area contributed by atoms with Crippen molar-refractivity contribution in [3.63, 3.8) is 0 Å². The van der Waals surface area contributed by atoms with E-state index in [1.54, 1.807) is 0 Å². The Kier molecular flexibility index (Phi) is 6.96. The van der Waals surface area contributed by atoms with E-state index in [1.807, 2.05) is 13.1 Å². The highest BCUT2D eigenvalue weighted by atomic mass is 35.5. The molecule has 7 rings (SSSR count). The van der Waals surface area contributed by atoms with Crippen LogP contribution in [0.5, 0.6) is 0 Å². The van der Waals surface area contributed by atoms with E-state index >= 15 is 0 Å². The number of fused-ring (bicyclic) bond motifs is 3. The van der Waals surface area contributed by atoms with Crippen LogP contribution in [-0.2, 0) is 19.6 Å². The zero-order valence-corrected chi connectivity index (χ0v) is 24.9. The molecule has 3 fully saturated rings. The lowest BCUT2D eigenvalue weighted by Gasteiger charge is -2.51. The number of hydrogen-bond acceptors (Lipinski definition) is 8. The number of nitrogens with one attached hydrogen (secondary N) is 1. The minimum Gasteiger partial charge on any atom is -0.383 e. The summed E-state index contributed by atoms with van der Waals surface area (Å²) in [5.74, 6) is -0.760. The fourth-order valence-corrected chi connectivity index (χ4v) is 7.63. The summed E-state index contributed by atoms with van der Waals surface area (Å²) < 4.78 is 47.3. The third-order valence-electron chi connectivity index (χ3n) is 9.35. The molecule has 6 heterocycles. The van der Waals surface area contributed by atoms with E-state index in [1.165, 1.54) is 6.07 Å². The Balaban J connectivity index is 1.24. The van der Waals surface area contributed by atoms with Gasteiger partial charge in [-0.15, -0.1) is 0 Å². The van der Waals surface area contributed by atoms with Gasteiger partial charge in [0, 0.05) is 68.4 Å². The van der Waals surface area contributed by atoms with Gasteiger partial charge in [-0.3, -0.25) is 4.98 Å². The Morgan fingerprint density at radius 3 is 2.69 bits per heavy atom. The third-order valence-corrected chi connectivity index (χ3v) is 9.82. The summed E-state index contributed by atoms with van der Waals surface area (Å²) in [6.07, 6.45) is 2.62. The molecule has 0 saturated carbocycles. The first kappa shape index (κ1) is 28.0. The van der Waals surface area contributed by atoms with Crippen LogP contribution in [-0.4, -0.2) is 80.8 Å². The number of pyridine rings is 2. The van der Waals surface area contributed by atoms with Gasteiger partial charge >= 0.3 is 0 Å². The summed E-state index contributed by atoms with van der Waals surface area (Å²) in [7, 11) is 0. The van der Waals surface area contributed by atoms with E-state index in [-0.39, 0.29) is 33.4 Å². The average Bonchev–Trinajstić information content (AvgIpc) is 3.32. The topological polar surface area (TPSA) is 72.0 Å². The van der Waals surface area contributed by atoms with Gasteiger partial charge in [-0.05, 0) is 33.3 Å². The zero-order chi connectivity index (χ0) is 29.2. The van der Waals surface area contributed by atoms with Crippen LogP contribution in [0.15, 0.2) is 24.4 Å². The molecule has 11 heteroatoms. The van der Waals surface area contributed by atoms with Crippen LogP contribution in [0.4, 0.5) is 26.0 Å². The molecule has 1 aromatic carbocycles. The van der Waals surface area contributed by atoms with Gasteiger partial charge in [0.15, 0.2) is 0 Å². The van der Waals surface area contributed by atoms with Crippen molar-refractivity contribution in [2.45, 2.75) is 44.3 Å². The molecule has 3 saturated heterocycles. The van der Waals surface area contributed by atoms with E-state index in [0.29, 0.717) is 37.7 Å². The van der Waals surface area contributed by atoms with Crippen molar-refractivity contribution in [1.29, 1.82) is 0 Å². The Labute approximate surface area is 249 Å². The maximum Gasteiger partial charge on any atom is 0.137 e. The summed E-state index contributed by atoms with van der Waals surface area (Å²) in [4.78, 5) is 14.3. The molecule has 3 atom stereocenters. The van der Waals surface area contributed by atoms with Crippen LogP contribution < -0.4 is 15.1 Å². The quantitative estimate of drug-likeness (QED) is 0.446. The highest BCUT2D eigenvalue weighted by Crippen LogP contribution is 2.49. The molecule has 4 aliphatic rings. The fraction of sp³-hybridized carbons (Fsp3) is 0.548. The number of aromatic nitrogens is 2. The van der Waals surface area contributed by atoms with E-state index in [0.717, 1.165) is 62.4 Å². The summed E-state index contributed by atoms with van der Waals surface area (Å²) in [6, 6.07) is 4.30. The van der Waals surface area contributed by atoms with Gasteiger partial charge in [0.05, 0.1) is 70.7 Å². The minimum atomic E-state index is -0.713. The van der Waals surface area contributed by atoms with E-state index in [9.17, 15) is 8.78 Å². The number of benzene rings is 1. The highest BCUT2D eigenvalue weighted by molar-refractivity contribution is 6.36. The zero-order valence-electron chi connectivity index (χ0n) is 24.2. The average molecular weight is 600 g/mol. The normalized spacial score (nSPS) is 27.4. The molecule has 1 N–H and O–H groups in total. The Morgan fingerprint density at radius 2 is 1.88 bits per heavy atom. The molecule has 2 aromatic heterocycles. The predicted octanol–water partition coefficient (Wildman–Crippen LogP) is 5.09. The summed E-state index contributed by atoms with van der Waals surface area (Å²) >= 11 is 6.68. The van der Waals surface area contributed by atoms with Gasteiger partial charge in [-0.2, -0.15) is 0 Å². The van der Waals surface area contributed by atoms with E-state index in [4.69, 9.17) is 35.8 Å². The first-order chi connectivity index (χ1) is 20.1. The number of anilines is 3. The molecular formula is C31H36ClF2N5O3. The summed E-state index contributed by atoms with van der Waals surface area (Å²) in [6.45, 7) is 12.2. The molecule has 0 aliphatic carbocycles.